The molecule has 0 aliphatic carbocycles. The molecule has 2 aromatic carbocycles. The van der Waals surface area contributed by atoms with Crippen LogP contribution in [0.3, 0.4) is 0 Å². The summed E-state index contributed by atoms with van der Waals surface area (Å²) in [6.07, 6.45) is 2.81. The smallest absolute Gasteiger partial charge is 0.259 e. The highest BCUT2D eigenvalue weighted by atomic mass is 32.2. The van der Waals surface area contributed by atoms with E-state index in [0.717, 1.165) is 19.3 Å². The van der Waals surface area contributed by atoms with Crippen LogP contribution < -0.4 is 10.1 Å². The highest BCUT2D eigenvalue weighted by Crippen LogP contribution is 2.24. The summed E-state index contributed by atoms with van der Waals surface area (Å²) >= 11 is 0. The molecule has 1 heterocycles. The highest BCUT2D eigenvalue weighted by Gasteiger charge is 2.26. The van der Waals surface area contributed by atoms with Crippen molar-refractivity contribution in [2.24, 2.45) is 0 Å². The Bertz CT molecular complexity index is 906. The van der Waals surface area contributed by atoms with Gasteiger partial charge in [-0.15, -0.1) is 0 Å². The van der Waals surface area contributed by atoms with E-state index in [2.05, 4.69) is 5.32 Å². The molecule has 6 nitrogen and oxygen atoms in total. The van der Waals surface area contributed by atoms with Gasteiger partial charge in [0.1, 0.15) is 5.75 Å². The summed E-state index contributed by atoms with van der Waals surface area (Å²) in [5.74, 6) is 0.154. The first-order valence-electron chi connectivity index (χ1n) is 9.16. The lowest BCUT2D eigenvalue weighted by atomic mass is 10.2. The van der Waals surface area contributed by atoms with Gasteiger partial charge in [0.25, 0.3) is 5.91 Å². The molecule has 0 radical (unpaired) electrons. The number of carbonyl (C=O) groups excluding carboxylic acids is 1. The van der Waals surface area contributed by atoms with Crippen LogP contribution in [0.4, 0.5) is 5.69 Å². The predicted octanol–water partition coefficient (Wildman–Crippen LogP) is 3.51. The van der Waals surface area contributed by atoms with Crippen LogP contribution in [0.2, 0.25) is 0 Å². The number of hydrogen-bond donors (Lipinski definition) is 1. The Balaban J connectivity index is 1.81. The van der Waals surface area contributed by atoms with Gasteiger partial charge < -0.3 is 10.1 Å². The zero-order valence-electron chi connectivity index (χ0n) is 15.3. The Kier molecular flexibility index (Phi) is 6.13. The van der Waals surface area contributed by atoms with E-state index in [-0.39, 0.29) is 10.8 Å². The van der Waals surface area contributed by atoms with E-state index >= 15 is 0 Å². The summed E-state index contributed by atoms with van der Waals surface area (Å²) in [7, 11) is -3.54. The maximum Gasteiger partial charge on any atom is 0.259 e. The van der Waals surface area contributed by atoms with E-state index in [1.807, 2.05) is 6.92 Å². The maximum atomic E-state index is 12.8. The lowest BCUT2D eigenvalue weighted by molar-refractivity contribution is 0.102. The van der Waals surface area contributed by atoms with Crippen molar-refractivity contribution >= 4 is 21.6 Å². The van der Waals surface area contributed by atoms with Gasteiger partial charge >= 0.3 is 0 Å². The Morgan fingerprint density at radius 1 is 1.07 bits per heavy atom. The molecule has 1 aliphatic heterocycles. The lowest BCUT2D eigenvalue weighted by Gasteiger charge is -2.26. The van der Waals surface area contributed by atoms with E-state index in [9.17, 15) is 13.2 Å². The van der Waals surface area contributed by atoms with Crippen molar-refractivity contribution in [2.75, 3.05) is 25.0 Å². The standard InChI is InChI=1S/C20H24N2O4S/c1-2-26-19-12-5-4-11-18(19)20(23)21-16-9-8-10-17(15-16)27(24,25)22-13-6-3-7-14-22/h4-5,8-12,15H,2-3,6-7,13-14H2,1H3,(H,21,23). The Labute approximate surface area is 160 Å². The number of nitrogens with one attached hydrogen (secondary N) is 1. The minimum absolute atomic E-state index is 0.195. The first-order valence-corrected chi connectivity index (χ1v) is 10.6. The second kappa shape index (κ2) is 8.54. The zero-order chi connectivity index (χ0) is 19.3. The number of sulfonamides is 1. The van der Waals surface area contributed by atoms with Crippen molar-refractivity contribution in [1.82, 2.24) is 4.31 Å². The van der Waals surface area contributed by atoms with Crippen molar-refractivity contribution in [3.05, 3.63) is 54.1 Å². The molecule has 3 rings (SSSR count). The van der Waals surface area contributed by atoms with Gasteiger partial charge in [0.2, 0.25) is 10.0 Å². The van der Waals surface area contributed by atoms with E-state index in [0.29, 0.717) is 36.7 Å². The molecule has 1 N–H and O–H groups in total. The van der Waals surface area contributed by atoms with Gasteiger partial charge in [-0.05, 0) is 50.1 Å². The monoisotopic (exact) mass is 388 g/mol. The molecule has 1 aliphatic rings. The summed E-state index contributed by atoms with van der Waals surface area (Å²) < 4.78 is 32.7. The quantitative estimate of drug-likeness (QED) is 0.822. The Morgan fingerprint density at radius 2 is 1.81 bits per heavy atom. The van der Waals surface area contributed by atoms with Crippen LogP contribution in [0.25, 0.3) is 0 Å². The van der Waals surface area contributed by atoms with Crippen LogP contribution in [0.1, 0.15) is 36.5 Å². The molecule has 2 aromatic rings. The first kappa shape index (κ1) is 19.4. The van der Waals surface area contributed by atoms with Crippen LogP contribution in [-0.2, 0) is 10.0 Å². The number of hydrogen-bond acceptors (Lipinski definition) is 4. The minimum atomic E-state index is -3.54. The number of carbonyl (C=O) groups is 1. The molecule has 1 fully saturated rings. The fourth-order valence-electron chi connectivity index (χ4n) is 3.12. The second-order valence-electron chi connectivity index (χ2n) is 6.38. The van der Waals surface area contributed by atoms with Crippen molar-refractivity contribution in [2.45, 2.75) is 31.1 Å². The third-order valence-electron chi connectivity index (χ3n) is 4.48. The van der Waals surface area contributed by atoms with Crippen molar-refractivity contribution < 1.29 is 17.9 Å². The summed E-state index contributed by atoms with van der Waals surface area (Å²) in [6.45, 7) is 3.39. The molecule has 27 heavy (non-hydrogen) atoms. The summed E-state index contributed by atoms with van der Waals surface area (Å²) in [5.41, 5.74) is 0.841. The van der Waals surface area contributed by atoms with Crippen LogP contribution in [-0.4, -0.2) is 38.3 Å². The van der Waals surface area contributed by atoms with Crippen molar-refractivity contribution in [1.29, 1.82) is 0 Å². The fourth-order valence-corrected chi connectivity index (χ4v) is 4.69. The molecule has 7 heteroatoms. The topological polar surface area (TPSA) is 75.7 Å². The summed E-state index contributed by atoms with van der Waals surface area (Å²) in [5, 5.41) is 2.77. The lowest BCUT2D eigenvalue weighted by Crippen LogP contribution is -2.35. The molecular weight excluding hydrogens is 364 g/mol. The average molecular weight is 388 g/mol. The molecule has 144 valence electrons. The highest BCUT2D eigenvalue weighted by molar-refractivity contribution is 7.89. The number of amides is 1. The molecule has 0 atom stereocenters. The molecule has 0 aromatic heterocycles. The SMILES string of the molecule is CCOc1ccccc1C(=O)Nc1cccc(S(=O)(=O)N2CCCCC2)c1. The van der Waals surface area contributed by atoms with Gasteiger partial charge in [-0.3, -0.25) is 4.79 Å². The third-order valence-corrected chi connectivity index (χ3v) is 6.37. The predicted molar refractivity (Wildman–Crippen MR) is 105 cm³/mol. The van der Waals surface area contributed by atoms with E-state index in [1.165, 1.54) is 10.4 Å². The summed E-state index contributed by atoms with van der Waals surface area (Å²) in [4.78, 5) is 12.8. The molecule has 0 spiro atoms. The average Bonchev–Trinajstić information content (AvgIpc) is 2.69. The van der Waals surface area contributed by atoms with Gasteiger partial charge in [0.15, 0.2) is 0 Å². The zero-order valence-corrected chi connectivity index (χ0v) is 16.2. The number of rotatable bonds is 6. The fraction of sp³-hybridized carbons (Fsp3) is 0.350. The molecular formula is C20H24N2O4S. The second-order valence-corrected chi connectivity index (χ2v) is 8.31. The third kappa shape index (κ3) is 4.48. The molecule has 0 unspecified atom stereocenters. The molecule has 0 saturated carbocycles. The first-order chi connectivity index (χ1) is 13.0. The number of nitrogens with zero attached hydrogens (tertiary/aromatic N) is 1. The molecule has 1 amide bonds. The van der Waals surface area contributed by atoms with Gasteiger partial charge in [-0.25, -0.2) is 8.42 Å². The van der Waals surface area contributed by atoms with Crippen LogP contribution in [0.5, 0.6) is 5.75 Å². The number of piperidine rings is 1. The van der Waals surface area contributed by atoms with Crippen LogP contribution in [0.15, 0.2) is 53.4 Å². The minimum Gasteiger partial charge on any atom is -0.493 e. The number of anilines is 1. The van der Waals surface area contributed by atoms with Gasteiger partial charge in [0, 0.05) is 18.8 Å². The Morgan fingerprint density at radius 3 is 2.56 bits per heavy atom. The number of ether oxygens (including phenoxy) is 1. The van der Waals surface area contributed by atoms with Gasteiger partial charge in [-0.1, -0.05) is 24.6 Å². The molecule has 1 saturated heterocycles. The van der Waals surface area contributed by atoms with E-state index in [4.69, 9.17) is 4.74 Å². The maximum absolute atomic E-state index is 12.8. The van der Waals surface area contributed by atoms with E-state index < -0.39 is 10.0 Å². The summed E-state index contributed by atoms with van der Waals surface area (Å²) in [6, 6.07) is 13.3. The van der Waals surface area contributed by atoms with Gasteiger partial charge in [0.05, 0.1) is 17.1 Å². The molecule has 0 bridgehead atoms. The van der Waals surface area contributed by atoms with Crippen LogP contribution in [0, 0.1) is 0 Å². The Hall–Kier alpha value is -2.38. The normalized spacial score (nSPS) is 15.3. The van der Waals surface area contributed by atoms with Gasteiger partial charge in [-0.2, -0.15) is 4.31 Å². The largest absolute Gasteiger partial charge is 0.493 e. The number of benzene rings is 2. The number of para-hydroxylation sites is 1. The van der Waals surface area contributed by atoms with Crippen molar-refractivity contribution in [3.63, 3.8) is 0 Å². The van der Waals surface area contributed by atoms with E-state index in [1.54, 1.807) is 42.5 Å². The van der Waals surface area contributed by atoms with Crippen molar-refractivity contribution in [3.8, 4) is 5.75 Å². The van der Waals surface area contributed by atoms with Crippen LogP contribution >= 0.6 is 0 Å².